The van der Waals surface area contributed by atoms with Crippen molar-refractivity contribution >= 4 is 46.3 Å². The highest BCUT2D eigenvalue weighted by molar-refractivity contribution is 8.18. The van der Waals surface area contributed by atoms with Crippen molar-refractivity contribution in [2.45, 2.75) is 45.1 Å². The van der Waals surface area contributed by atoms with Crippen LogP contribution in [0, 0.1) is 6.92 Å². The molecule has 144 valence electrons. The zero-order valence-electron chi connectivity index (χ0n) is 15.5. The van der Waals surface area contributed by atoms with Crippen LogP contribution in [0.25, 0.3) is 6.08 Å². The van der Waals surface area contributed by atoms with E-state index in [4.69, 9.17) is 12.2 Å². The number of hydrogen-bond donors (Lipinski definition) is 2. The smallest absolute Gasteiger partial charge is 0.293 e. The van der Waals surface area contributed by atoms with Crippen molar-refractivity contribution in [2.75, 3.05) is 13.1 Å². The van der Waals surface area contributed by atoms with Gasteiger partial charge in [0.2, 0.25) is 0 Å². The molecular weight excluding hydrogens is 378 g/mol. The van der Waals surface area contributed by atoms with Crippen LogP contribution in [0.5, 0.6) is 0 Å². The maximum absolute atomic E-state index is 12.5. The molecule has 0 aromatic heterocycles. The average Bonchev–Trinajstić information content (AvgIpc) is 2.92. The number of nitrogens with one attached hydrogen (secondary N) is 2. The van der Waals surface area contributed by atoms with Crippen molar-refractivity contribution in [1.82, 2.24) is 15.5 Å². The van der Waals surface area contributed by atoms with Crippen LogP contribution < -0.4 is 10.6 Å². The molecule has 1 heterocycles. The summed E-state index contributed by atoms with van der Waals surface area (Å²) in [5.41, 5.74) is 2.08. The Morgan fingerprint density at radius 3 is 2.63 bits per heavy atom. The van der Waals surface area contributed by atoms with Crippen molar-refractivity contribution in [3.63, 3.8) is 0 Å². The molecule has 0 unspecified atom stereocenters. The first-order valence-corrected chi connectivity index (χ1v) is 10.6. The Hall–Kier alpha value is -1.86. The number of carbonyl (C=O) groups excluding carboxylic acids is 2. The summed E-state index contributed by atoms with van der Waals surface area (Å²) in [4.78, 5) is 26.4. The van der Waals surface area contributed by atoms with Crippen LogP contribution in [0.4, 0.5) is 4.79 Å². The van der Waals surface area contributed by atoms with Crippen LogP contribution in [0.2, 0.25) is 0 Å². The van der Waals surface area contributed by atoms with Gasteiger partial charge in [0, 0.05) is 19.1 Å². The van der Waals surface area contributed by atoms with Crippen molar-refractivity contribution in [3.05, 3.63) is 40.3 Å². The maximum atomic E-state index is 12.5. The first-order valence-electron chi connectivity index (χ1n) is 9.39. The molecule has 2 amide bonds. The first-order chi connectivity index (χ1) is 13.0. The Kier molecular flexibility index (Phi) is 6.90. The fourth-order valence-corrected chi connectivity index (χ4v) is 4.41. The summed E-state index contributed by atoms with van der Waals surface area (Å²) in [6.07, 6.45) is 7.85. The minimum Gasteiger partial charge on any atom is -0.361 e. The summed E-state index contributed by atoms with van der Waals surface area (Å²) in [5.74, 6) is -0.237. The number of imide groups is 1. The van der Waals surface area contributed by atoms with Crippen LogP contribution in [-0.4, -0.2) is 40.3 Å². The molecular formula is C20H25N3O2S2. The van der Waals surface area contributed by atoms with E-state index >= 15 is 0 Å². The SMILES string of the molecule is Cc1ccc(/C=C2\SC(=O)N(CCNC(=S)NC3CCCCC3)C2=O)cc1. The van der Waals surface area contributed by atoms with Crippen molar-refractivity contribution in [2.24, 2.45) is 0 Å². The van der Waals surface area contributed by atoms with Crippen LogP contribution in [0.15, 0.2) is 29.2 Å². The molecule has 0 atom stereocenters. The molecule has 2 fully saturated rings. The minimum atomic E-state index is -0.237. The Labute approximate surface area is 170 Å². The summed E-state index contributed by atoms with van der Waals surface area (Å²) >= 11 is 6.32. The molecule has 5 nitrogen and oxygen atoms in total. The van der Waals surface area contributed by atoms with Gasteiger partial charge >= 0.3 is 0 Å². The lowest BCUT2D eigenvalue weighted by Crippen LogP contribution is -2.45. The Bertz CT molecular complexity index is 740. The maximum Gasteiger partial charge on any atom is 0.293 e. The lowest BCUT2D eigenvalue weighted by molar-refractivity contribution is -0.122. The van der Waals surface area contributed by atoms with Gasteiger partial charge in [-0.05, 0) is 55.4 Å². The largest absolute Gasteiger partial charge is 0.361 e. The first kappa shape index (κ1) is 19.9. The van der Waals surface area contributed by atoms with Crippen LogP contribution in [0.1, 0.15) is 43.2 Å². The number of thioether (sulfide) groups is 1. The number of amides is 2. The third kappa shape index (κ3) is 5.56. The van der Waals surface area contributed by atoms with E-state index < -0.39 is 0 Å². The number of carbonyl (C=O) groups is 2. The second-order valence-corrected chi connectivity index (χ2v) is 8.38. The topological polar surface area (TPSA) is 61.4 Å². The highest BCUT2D eigenvalue weighted by atomic mass is 32.2. The number of thiocarbonyl (C=S) groups is 1. The molecule has 1 saturated heterocycles. The van der Waals surface area contributed by atoms with Gasteiger partial charge in [0.05, 0.1) is 4.91 Å². The number of aryl methyl sites for hydroxylation is 1. The van der Waals surface area contributed by atoms with Crippen molar-refractivity contribution < 1.29 is 9.59 Å². The van der Waals surface area contributed by atoms with E-state index in [1.165, 1.54) is 24.2 Å². The van der Waals surface area contributed by atoms with E-state index in [-0.39, 0.29) is 11.1 Å². The van der Waals surface area contributed by atoms with E-state index in [0.717, 1.165) is 35.7 Å². The summed E-state index contributed by atoms with van der Waals surface area (Å²) in [7, 11) is 0. The molecule has 27 heavy (non-hydrogen) atoms. The molecule has 0 bridgehead atoms. The summed E-state index contributed by atoms with van der Waals surface area (Å²) < 4.78 is 0. The normalized spacial score (nSPS) is 19.6. The fourth-order valence-electron chi connectivity index (χ4n) is 3.27. The lowest BCUT2D eigenvalue weighted by atomic mass is 9.96. The fraction of sp³-hybridized carbons (Fsp3) is 0.450. The monoisotopic (exact) mass is 403 g/mol. The van der Waals surface area contributed by atoms with E-state index in [1.807, 2.05) is 31.2 Å². The van der Waals surface area contributed by atoms with E-state index in [9.17, 15) is 9.59 Å². The van der Waals surface area contributed by atoms with Gasteiger partial charge in [-0.25, -0.2) is 0 Å². The van der Waals surface area contributed by atoms with E-state index in [0.29, 0.717) is 29.1 Å². The third-order valence-corrected chi connectivity index (χ3v) is 5.98. The zero-order valence-corrected chi connectivity index (χ0v) is 17.1. The highest BCUT2D eigenvalue weighted by Gasteiger charge is 2.34. The summed E-state index contributed by atoms with van der Waals surface area (Å²) in [5, 5.41) is 6.81. The van der Waals surface area contributed by atoms with Gasteiger partial charge < -0.3 is 10.6 Å². The standard InChI is InChI=1S/C20H25N3O2S2/c1-14-7-9-15(10-8-14)13-17-18(24)23(20(25)27-17)12-11-21-19(26)22-16-5-3-2-4-6-16/h7-10,13,16H,2-6,11-12H2,1H3,(H2,21,22,26)/b17-13-. The minimum absolute atomic E-state index is 0.230. The third-order valence-electron chi connectivity index (χ3n) is 4.81. The van der Waals surface area contributed by atoms with Gasteiger partial charge in [0.25, 0.3) is 11.1 Å². The van der Waals surface area contributed by atoms with Crippen LogP contribution >= 0.6 is 24.0 Å². The predicted octanol–water partition coefficient (Wildman–Crippen LogP) is 3.83. The summed E-state index contributed by atoms with van der Waals surface area (Å²) in [6.45, 7) is 2.77. The van der Waals surface area contributed by atoms with Gasteiger partial charge in [-0.1, -0.05) is 49.1 Å². The Balaban J connectivity index is 1.48. The molecule has 0 spiro atoms. The summed E-state index contributed by atoms with van der Waals surface area (Å²) in [6, 6.07) is 8.30. The van der Waals surface area contributed by atoms with E-state index in [2.05, 4.69) is 10.6 Å². The highest BCUT2D eigenvalue weighted by Crippen LogP contribution is 2.31. The number of rotatable bonds is 5. The molecule has 2 N–H and O–H groups in total. The predicted molar refractivity (Wildman–Crippen MR) is 114 cm³/mol. The van der Waals surface area contributed by atoms with Gasteiger partial charge in [0.1, 0.15) is 0 Å². The van der Waals surface area contributed by atoms with Crippen LogP contribution in [0.3, 0.4) is 0 Å². The molecule has 1 saturated carbocycles. The van der Waals surface area contributed by atoms with Crippen molar-refractivity contribution in [3.8, 4) is 0 Å². The molecule has 1 aliphatic carbocycles. The molecule has 1 aliphatic heterocycles. The Morgan fingerprint density at radius 2 is 1.93 bits per heavy atom. The molecule has 3 rings (SSSR count). The van der Waals surface area contributed by atoms with E-state index in [1.54, 1.807) is 6.08 Å². The van der Waals surface area contributed by atoms with Gasteiger partial charge in [-0.2, -0.15) is 0 Å². The number of benzene rings is 1. The molecule has 0 radical (unpaired) electrons. The zero-order chi connectivity index (χ0) is 19.2. The van der Waals surface area contributed by atoms with Crippen molar-refractivity contribution in [1.29, 1.82) is 0 Å². The molecule has 7 heteroatoms. The van der Waals surface area contributed by atoms with Gasteiger partial charge in [-0.15, -0.1) is 0 Å². The van der Waals surface area contributed by atoms with Gasteiger partial charge in [0.15, 0.2) is 5.11 Å². The van der Waals surface area contributed by atoms with Gasteiger partial charge in [-0.3, -0.25) is 14.5 Å². The second-order valence-electron chi connectivity index (χ2n) is 6.98. The number of hydrogen-bond acceptors (Lipinski definition) is 4. The second kappa shape index (κ2) is 9.37. The Morgan fingerprint density at radius 1 is 1.22 bits per heavy atom. The molecule has 1 aromatic carbocycles. The average molecular weight is 404 g/mol. The lowest BCUT2D eigenvalue weighted by Gasteiger charge is -2.24. The quantitative estimate of drug-likeness (QED) is 0.576. The van der Waals surface area contributed by atoms with Crippen LogP contribution in [-0.2, 0) is 4.79 Å². The molecule has 1 aromatic rings. The molecule has 2 aliphatic rings. The number of nitrogens with zero attached hydrogens (tertiary/aromatic N) is 1.